The quantitative estimate of drug-likeness (QED) is 0.895. The highest BCUT2D eigenvalue weighted by atomic mass is 79.9. The van der Waals surface area contributed by atoms with E-state index in [1.165, 1.54) is 0 Å². The Bertz CT molecular complexity index is 375. The van der Waals surface area contributed by atoms with Gasteiger partial charge in [0, 0.05) is 16.7 Å². The predicted octanol–water partition coefficient (Wildman–Crippen LogP) is 2.37. The van der Waals surface area contributed by atoms with E-state index >= 15 is 0 Å². The van der Waals surface area contributed by atoms with Gasteiger partial charge in [0.2, 0.25) is 0 Å². The van der Waals surface area contributed by atoms with Crippen molar-refractivity contribution in [2.45, 2.75) is 25.8 Å². The average molecular weight is 269 g/mol. The van der Waals surface area contributed by atoms with Crippen molar-refractivity contribution in [3.63, 3.8) is 0 Å². The molecule has 1 aliphatic rings. The fourth-order valence-corrected chi connectivity index (χ4v) is 2.26. The summed E-state index contributed by atoms with van der Waals surface area (Å²) >= 11 is 3.32. The molecule has 1 aliphatic carbocycles. The van der Waals surface area contributed by atoms with Crippen LogP contribution >= 0.6 is 15.9 Å². The van der Waals surface area contributed by atoms with Crippen molar-refractivity contribution in [1.82, 2.24) is 10.3 Å². The maximum atomic E-state index is 11.8. The van der Waals surface area contributed by atoms with Gasteiger partial charge in [-0.2, -0.15) is 0 Å². The third kappa shape index (κ3) is 2.37. The first kappa shape index (κ1) is 10.6. The number of amides is 1. The van der Waals surface area contributed by atoms with Gasteiger partial charge in [-0.05, 0) is 46.8 Å². The zero-order valence-corrected chi connectivity index (χ0v) is 10.1. The lowest BCUT2D eigenvalue weighted by Gasteiger charge is -2.33. The average Bonchev–Trinajstić information content (AvgIpc) is 2.16. The Kier molecular flexibility index (Phi) is 3.05. The van der Waals surface area contributed by atoms with Crippen LogP contribution in [0, 0.1) is 5.92 Å². The molecule has 1 aromatic rings. The van der Waals surface area contributed by atoms with Crippen LogP contribution in [0.2, 0.25) is 0 Å². The fourth-order valence-electron chi connectivity index (χ4n) is 1.83. The Balaban J connectivity index is 1.99. The molecule has 4 heteroatoms. The number of carbonyl (C=O) groups excluding carboxylic acids is 1. The highest BCUT2D eigenvalue weighted by Crippen LogP contribution is 2.26. The van der Waals surface area contributed by atoms with Crippen molar-refractivity contribution >= 4 is 21.8 Å². The molecule has 0 unspecified atom stereocenters. The molecule has 80 valence electrons. The van der Waals surface area contributed by atoms with Crippen LogP contribution in [0.5, 0.6) is 0 Å². The molecule has 2 rings (SSSR count). The summed E-state index contributed by atoms with van der Waals surface area (Å²) in [6, 6.07) is 3.96. The van der Waals surface area contributed by atoms with Crippen LogP contribution in [0.1, 0.15) is 30.3 Å². The van der Waals surface area contributed by atoms with Gasteiger partial charge in [-0.1, -0.05) is 6.92 Å². The first-order valence-electron chi connectivity index (χ1n) is 5.08. The van der Waals surface area contributed by atoms with Crippen molar-refractivity contribution in [3.05, 3.63) is 28.5 Å². The van der Waals surface area contributed by atoms with Crippen molar-refractivity contribution < 1.29 is 4.79 Å². The Morgan fingerprint density at radius 3 is 2.93 bits per heavy atom. The summed E-state index contributed by atoms with van der Waals surface area (Å²) in [5.74, 6) is 0.654. The fraction of sp³-hybridized carbons (Fsp3) is 0.455. The highest BCUT2D eigenvalue weighted by molar-refractivity contribution is 9.10. The molecule has 3 nitrogen and oxygen atoms in total. The largest absolute Gasteiger partial charge is 0.348 e. The summed E-state index contributed by atoms with van der Waals surface area (Å²) in [5.41, 5.74) is 0.469. The zero-order chi connectivity index (χ0) is 10.8. The van der Waals surface area contributed by atoms with E-state index in [1.54, 1.807) is 12.3 Å². The molecule has 1 N–H and O–H groups in total. The summed E-state index contributed by atoms with van der Waals surface area (Å²) in [6.45, 7) is 2.19. The van der Waals surface area contributed by atoms with Crippen molar-refractivity contribution in [3.8, 4) is 0 Å². The second-order valence-corrected chi connectivity index (χ2v) is 4.94. The van der Waals surface area contributed by atoms with Crippen molar-refractivity contribution in [1.29, 1.82) is 0 Å². The van der Waals surface area contributed by atoms with E-state index in [9.17, 15) is 4.79 Å². The third-order valence-electron chi connectivity index (χ3n) is 2.68. The number of halogens is 1. The first-order valence-corrected chi connectivity index (χ1v) is 5.87. The Morgan fingerprint density at radius 1 is 1.60 bits per heavy atom. The van der Waals surface area contributed by atoms with E-state index in [2.05, 4.69) is 33.2 Å². The van der Waals surface area contributed by atoms with Gasteiger partial charge in [0.05, 0.1) is 0 Å². The lowest BCUT2D eigenvalue weighted by atomic mass is 9.82. The second kappa shape index (κ2) is 4.31. The van der Waals surface area contributed by atoms with Gasteiger partial charge in [0.25, 0.3) is 5.91 Å². The van der Waals surface area contributed by atoms with Gasteiger partial charge in [-0.15, -0.1) is 0 Å². The molecule has 1 aromatic heterocycles. The first-order chi connectivity index (χ1) is 7.16. The maximum absolute atomic E-state index is 11.8. The van der Waals surface area contributed by atoms with Gasteiger partial charge in [-0.25, -0.2) is 4.98 Å². The minimum atomic E-state index is -0.0839. The number of nitrogens with one attached hydrogen (secondary N) is 1. The van der Waals surface area contributed by atoms with E-state index in [4.69, 9.17) is 0 Å². The van der Waals surface area contributed by atoms with Gasteiger partial charge < -0.3 is 5.32 Å². The Hall–Kier alpha value is -0.900. The molecule has 0 spiro atoms. The Morgan fingerprint density at radius 2 is 2.33 bits per heavy atom. The molecule has 0 bridgehead atoms. The van der Waals surface area contributed by atoms with Crippen LogP contribution < -0.4 is 5.32 Å². The van der Waals surface area contributed by atoms with Gasteiger partial charge in [-0.3, -0.25) is 4.79 Å². The SMILES string of the molecule is CC1CC(NC(=O)c2ncccc2Br)C1. The van der Waals surface area contributed by atoms with Crippen molar-refractivity contribution in [2.24, 2.45) is 5.92 Å². The normalized spacial score (nSPS) is 24.4. The molecular formula is C11H13BrN2O. The van der Waals surface area contributed by atoms with Crippen LogP contribution in [0.25, 0.3) is 0 Å². The molecule has 1 fully saturated rings. The smallest absolute Gasteiger partial charge is 0.271 e. The number of pyridine rings is 1. The zero-order valence-electron chi connectivity index (χ0n) is 8.53. The highest BCUT2D eigenvalue weighted by Gasteiger charge is 2.27. The van der Waals surface area contributed by atoms with Crippen LogP contribution in [0.15, 0.2) is 22.8 Å². The molecule has 1 saturated carbocycles. The lowest BCUT2D eigenvalue weighted by Crippen LogP contribution is -2.43. The van der Waals surface area contributed by atoms with Gasteiger partial charge in [0.15, 0.2) is 0 Å². The number of hydrogen-bond donors (Lipinski definition) is 1. The summed E-state index contributed by atoms with van der Waals surface area (Å²) < 4.78 is 0.745. The molecule has 0 atom stereocenters. The van der Waals surface area contributed by atoms with Crippen LogP contribution in [-0.2, 0) is 0 Å². The number of nitrogens with zero attached hydrogens (tertiary/aromatic N) is 1. The molecular weight excluding hydrogens is 256 g/mol. The molecule has 1 amide bonds. The Labute approximate surface area is 97.4 Å². The molecule has 0 radical (unpaired) electrons. The van der Waals surface area contributed by atoms with Crippen LogP contribution in [0.3, 0.4) is 0 Å². The molecule has 1 heterocycles. The lowest BCUT2D eigenvalue weighted by molar-refractivity contribution is 0.0890. The molecule has 15 heavy (non-hydrogen) atoms. The molecule has 0 aromatic carbocycles. The molecule has 0 saturated heterocycles. The molecule has 0 aliphatic heterocycles. The number of carbonyl (C=O) groups is 1. The summed E-state index contributed by atoms with van der Waals surface area (Å²) in [7, 11) is 0. The van der Waals surface area contributed by atoms with E-state index in [0.717, 1.165) is 23.2 Å². The maximum Gasteiger partial charge on any atom is 0.271 e. The van der Waals surface area contributed by atoms with E-state index in [0.29, 0.717) is 11.7 Å². The van der Waals surface area contributed by atoms with Crippen molar-refractivity contribution in [2.75, 3.05) is 0 Å². The van der Waals surface area contributed by atoms with Gasteiger partial charge >= 0.3 is 0 Å². The van der Waals surface area contributed by atoms with E-state index < -0.39 is 0 Å². The number of rotatable bonds is 2. The second-order valence-electron chi connectivity index (χ2n) is 4.08. The third-order valence-corrected chi connectivity index (χ3v) is 3.32. The van der Waals surface area contributed by atoms with Gasteiger partial charge in [0.1, 0.15) is 5.69 Å². The number of aromatic nitrogens is 1. The monoisotopic (exact) mass is 268 g/mol. The predicted molar refractivity (Wildman–Crippen MR) is 61.6 cm³/mol. The van der Waals surface area contributed by atoms with Crippen LogP contribution in [-0.4, -0.2) is 16.9 Å². The van der Waals surface area contributed by atoms with Crippen LogP contribution in [0.4, 0.5) is 0 Å². The summed E-state index contributed by atoms with van der Waals surface area (Å²) in [5, 5.41) is 2.97. The van der Waals surface area contributed by atoms with E-state index in [-0.39, 0.29) is 5.91 Å². The topological polar surface area (TPSA) is 42.0 Å². The summed E-state index contributed by atoms with van der Waals surface area (Å²) in [6.07, 6.45) is 3.79. The summed E-state index contributed by atoms with van der Waals surface area (Å²) in [4.78, 5) is 15.8. The minimum absolute atomic E-state index is 0.0839. The minimum Gasteiger partial charge on any atom is -0.348 e. The number of hydrogen-bond acceptors (Lipinski definition) is 2. The van der Waals surface area contributed by atoms with E-state index in [1.807, 2.05) is 6.07 Å². The standard InChI is InChI=1S/C11H13BrN2O/c1-7-5-8(6-7)14-11(15)10-9(12)3-2-4-13-10/h2-4,7-8H,5-6H2,1H3,(H,14,15).